The van der Waals surface area contributed by atoms with Crippen LogP contribution in [0.4, 0.5) is 0 Å². The fourth-order valence-electron chi connectivity index (χ4n) is 2.00. The van der Waals surface area contributed by atoms with Crippen LogP contribution in [0.25, 0.3) is 0 Å². The predicted molar refractivity (Wildman–Crippen MR) is 88.3 cm³/mol. The summed E-state index contributed by atoms with van der Waals surface area (Å²) in [6.45, 7) is 2.57. The van der Waals surface area contributed by atoms with E-state index in [9.17, 15) is 8.42 Å². The van der Waals surface area contributed by atoms with E-state index in [1.54, 1.807) is 18.5 Å². The molecule has 1 heterocycles. The molecule has 0 aliphatic carbocycles. The van der Waals surface area contributed by atoms with Gasteiger partial charge in [-0.2, -0.15) is 4.31 Å². The molecule has 0 bridgehead atoms. The third-order valence-corrected chi connectivity index (χ3v) is 4.99. The van der Waals surface area contributed by atoms with Crippen molar-refractivity contribution in [3.63, 3.8) is 0 Å². The van der Waals surface area contributed by atoms with Gasteiger partial charge >= 0.3 is 0 Å². The second kappa shape index (κ2) is 7.73. The van der Waals surface area contributed by atoms with Crippen molar-refractivity contribution in [2.75, 3.05) is 13.1 Å². The van der Waals surface area contributed by atoms with Gasteiger partial charge in [0.1, 0.15) is 5.82 Å². The number of sulfonamides is 1. The fraction of sp³-hybridized carbons (Fsp3) is 0.357. The van der Waals surface area contributed by atoms with Gasteiger partial charge in [-0.3, -0.25) is 0 Å². The molecule has 0 amide bonds. The van der Waals surface area contributed by atoms with Gasteiger partial charge in [-0.05, 0) is 12.5 Å². The van der Waals surface area contributed by atoms with Crippen molar-refractivity contribution in [1.82, 2.24) is 13.9 Å². The molecule has 8 heteroatoms. The maximum atomic E-state index is 12.7. The molecule has 0 unspecified atom stereocenters. The molecule has 0 saturated carbocycles. The summed E-state index contributed by atoms with van der Waals surface area (Å²) in [6.07, 6.45) is 1.53. The smallest absolute Gasteiger partial charge is 0.262 e. The molecule has 1 aromatic carbocycles. The number of benzene rings is 1. The van der Waals surface area contributed by atoms with Gasteiger partial charge < -0.3 is 10.3 Å². The Morgan fingerprint density at radius 3 is 2.41 bits per heavy atom. The molecule has 2 N–H and O–H groups in total. The van der Waals surface area contributed by atoms with E-state index in [0.717, 1.165) is 5.56 Å². The number of aryl methyl sites for hydroxylation is 2. The molecule has 0 atom stereocenters. The van der Waals surface area contributed by atoms with Crippen LogP contribution in [0.15, 0.2) is 41.6 Å². The largest absolute Gasteiger partial charge is 0.337 e. The Balaban J connectivity index is 0.00000242. The number of nitrogens with zero attached hydrogens (tertiary/aromatic N) is 3. The number of hydrogen-bond acceptors (Lipinski definition) is 4. The maximum absolute atomic E-state index is 12.7. The fourth-order valence-corrected chi connectivity index (χ4v) is 3.47. The lowest BCUT2D eigenvalue weighted by Gasteiger charge is -2.20. The monoisotopic (exact) mass is 344 g/mol. The van der Waals surface area contributed by atoms with Crippen molar-refractivity contribution in [2.24, 2.45) is 12.8 Å². The minimum Gasteiger partial charge on any atom is -0.337 e. The summed E-state index contributed by atoms with van der Waals surface area (Å²) in [7, 11) is -1.87. The van der Waals surface area contributed by atoms with Crippen LogP contribution in [-0.4, -0.2) is 35.4 Å². The van der Waals surface area contributed by atoms with Gasteiger partial charge in [0.2, 0.25) is 0 Å². The number of aromatic nitrogens is 2. The van der Waals surface area contributed by atoms with Gasteiger partial charge in [-0.25, -0.2) is 13.4 Å². The average molecular weight is 345 g/mol. The molecule has 0 spiro atoms. The lowest BCUT2D eigenvalue weighted by Crippen LogP contribution is -2.35. The highest BCUT2D eigenvalue weighted by Gasteiger charge is 2.26. The molecule has 122 valence electrons. The number of hydrogen-bond donors (Lipinski definition) is 1. The molecule has 6 nitrogen and oxygen atoms in total. The van der Waals surface area contributed by atoms with Gasteiger partial charge in [0.05, 0.1) is 0 Å². The van der Waals surface area contributed by atoms with Crippen molar-refractivity contribution >= 4 is 22.4 Å². The van der Waals surface area contributed by atoms with Gasteiger partial charge in [0, 0.05) is 32.9 Å². The lowest BCUT2D eigenvalue weighted by molar-refractivity contribution is 0.412. The van der Waals surface area contributed by atoms with E-state index in [4.69, 9.17) is 5.73 Å². The van der Waals surface area contributed by atoms with Crippen LogP contribution in [0, 0.1) is 6.92 Å². The van der Waals surface area contributed by atoms with Crippen LogP contribution in [0.3, 0.4) is 0 Å². The van der Waals surface area contributed by atoms with Gasteiger partial charge in [0.15, 0.2) is 5.03 Å². The summed E-state index contributed by atoms with van der Waals surface area (Å²) < 4.78 is 28.4. The first-order chi connectivity index (χ1) is 9.95. The summed E-state index contributed by atoms with van der Waals surface area (Å²) in [4.78, 5) is 4.12. The normalized spacial score (nSPS) is 11.5. The Bertz CT molecular complexity index is 681. The van der Waals surface area contributed by atoms with Crippen molar-refractivity contribution < 1.29 is 8.42 Å². The number of rotatable bonds is 6. The Hall–Kier alpha value is -1.41. The lowest BCUT2D eigenvalue weighted by atomic mass is 10.2. The zero-order valence-corrected chi connectivity index (χ0v) is 14.3. The van der Waals surface area contributed by atoms with Crippen LogP contribution in [-0.2, 0) is 23.6 Å². The van der Waals surface area contributed by atoms with Crippen molar-refractivity contribution in [1.29, 1.82) is 0 Å². The van der Waals surface area contributed by atoms with E-state index < -0.39 is 10.0 Å². The van der Waals surface area contributed by atoms with Crippen LogP contribution in [0.5, 0.6) is 0 Å². The minimum absolute atomic E-state index is 0. The highest BCUT2D eigenvalue weighted by molar-refractivity contribution is 7.89. The highest BCUT2D eigenvalue weighted by Crippen LogP contribution is 2.17. The summed E-state index contributed by atoms with van der Waals surface area (Å²) in [5.74, 6) is 0.654. The molecule has 2 aromatic rings. The van der Waals surface area contributed by atoms with E-state index in [1.165, 1.54) is 10.5 Å². The zero-order chi connectivity index (χ0) is 15.5. The van der Waals surface area contributed by atoms with Crippen LogP contribution >= 0.6 is 12.4 Å². The molecule has 0 fully saturated rings. The third kappa shape index (κ3) is 4.07. The summed E-state index contributed by atoms with van der Waals surface area (Å²) >= 11 is 0. The zero-order valence-electron chi connectivity index (χ0n) is 12.6. The quantitative estimate of drug-likeness (QED) is 0.856. The molecule has 1 aromatic heterocycles. The molecular weight excluding hydrogens is 324 g/mol. The van der Waals surface area contributed by atoms with Crippen LogP contribution in [0.1, 0.15) is 11.4 Å². The van der Waals surface area contributed by atoms with Gasteiger partial charge in [0.25, 0.3) is 10.0 Å². The molecule has 0 saturated heterocycles. The Morgan fingerprint density at radius 1 is 1.27 bits per heavy atom. The molecule has 0 aliphatic heterocycles. The minimum atomic E-state index is -3.64. The first-order valence-corrected chi connectivity index (χ1v) is 8.13. The standard InChI is InChI=1S/C14H20N4O2S.ClH/c1-12-16-14(11-17(12)2)21(19,20)18(9-8-15)10-13-6-4-3-5-7-13;/h3-7,11H,8-10,15H2,1-2H3;1H. The Kier molecular flexibility index (Phi) is 6.55. The Morgan fingerprint density at radius 2 is 1.91 bits per heavy atom. The van der Waals surface area contributed by atoms with E-state index in [-0.39, 0.29) is 37.1 Å². The van der Waals surface area contributed by atoms with Gasteiger partial charge in [-0.15, -0.1) is 12.4 Å². The number of nitrogens with two attached hydrogens (primary N) is 1. The third-order valence-electron chi connectivity index (χ3n) is 3.27. The summed E-state index contributed by atoms with van der Waals surface area (Å²) in [6, 6.07) is 9.44. The summed E-state index contributed by atoms with van der Waals surface area (Å²) in [5.41, 5.74) is 6.48. The molecule has 2 rings (SSSR count). The van der Waals surface area contributed by atoms with E-state index in [1.807, 2.05) is 30.3 Å². The molecule has 0 radical (unpaired) electrons. The molecular formula is C14H21ClN4O2S. The summed E-state index contributed by atoms with van der Waals surface area (Å²) in [5, 5.41) is 0.0619. The van der Waals surface area contributed by atoms with Crippen LogP contribution in [0.2, 0.25) is 0 Å². The molecule has 22 heavy (non-hydrogen) atoms. The van der Waals surface area contributed by atoms with Crippen molar-refractivity contribution in [3.05, 3.63) is 47.9 Å². The Labute approximate surface area is 137 Å². The van der Waals surface area contributed by atoms with Gasteiger partial charge in [-0.1, -0.05) is 30.3 Å². The predicted octanol–water partition coefficient (Wildman–Crippen LogP) is 1.30. The topological polar surface area (TPSA) is 81.2 Å². The number of imidazole rings is 1. The second-order valence-corrected chi connectivity index (χ2v) is 6.73. The first kappa shape index (κ1) is 18.6. The van der Waals surface area contributed by atoms with E-state index in [2.05, 4.69) is 4.98 Å². The average Bonchev–Trinajstić information content (AvgIpc) is 2.80. The van der Waals surface area contributed by atoms with E-state index >= 15 is 0 Å². The van der Waals surface area contributed by atoms with Crippen molar-refractivity contribution in [3.8, 4) is 0 Å². The second-order valence-electron chi connectivity index (χ2n) is 4.85. The SMILES string of the molecule is Cc1nc(S(=O)(=O)N(CCN)Cc2ccccc2)cn1C.Cl. The molecule has 0 aliphatic rings. The first-order valence-electron chi connectivity index (χ1n) is 6.69. The number of halogens is 1. The maximum Gasteiger partial charge on any atom is 0.262 e. The highest BCUT2D eigenvalue weighted by atomic mass is 35.5. The van der Waals surface area contributed by atoms with E-state index in [0.29, 0.717) is 5.82 Å². The van der Waals surface area contributed by atoms with Crippen LogP contribution < -0.4 is 5.73 Å². The van der Waals surface area contributed by atoms with Crippen molar-refractivity contribution in [2.45, 2.75) is 18.5 Å².